The van der Waals surface area contributed by atoms with Gasteiger partial charge in [-0.3, -0.25) is 0 Å². The van der Waals surface area contributed by atoms with Crippen LogP contribution in [-0.4, -0.2) is 4.98 Å². The Balaban J connectivity index is 1.46. The van der Waals surface area contributed by atoms with Crippen molar-refractivity contribution in [1.29, 1.82) is 0 Å². The van der Waals surface area contributed by atoms with Gasteiger partial charge in [0, 0.05) is 15.5 Å². The van der Waals surface area contributed by atoms with Crippen LogP contribution in [0.15, 0.2) is 122 Å². The van der Waals surface area contributed by atoms with Gasteiger partial charge in [-0.05, 0) is 47.2 Å². The third-order valence-electron chi connectivity index (χ3n) is 4.48. The SMILES string of the molecule is c1ccc(Sc2nc(Nc3ccc4ccccc4c3)sc2Sc2ccccc2)cc1. The highest BCUT2D eigenvalue weighted by Gasteiger charge is 2.15. The largest absolute Gasteiger partial charge is 0.331 e. The Labute approximate surface area is 188 Å². The lowest BCUT2D eigenvalue weighted by molar-refractivity contribution is 1.13. The minimum absolute atomic E-state index is 0.905. The Morgan fingerprint density at radius 1 is 0.633 bits per heavy atom. The van der Waals surface area contributed by atoms with Gasteiger partial charge in [0.25, 0.3) is 0 Å². The van der Waals surface area contributed by atoms with E-state index in [1.165, 1.54) is 24.8 Å². The van der Waals surface area contributed by atoms with Crippen molar-refractivity contribution in [3.8, 4) is 0 Å². The van der Waals surface area contributed by atoms with Gasteiger partial charge in [0.15, 0.2) is 5.13 Å². The van der Waals surface area contributed by atoms with Gasteiger partial charge in [-0.2, -0.15) is 0 Å². The zero-order valence-corrected chi connectivity index (χ0v) is 18.4. The van der Waals surface area contributed by atoms with E-state index in [9.17, 15) is 0 Å². The summed E-state index contributed by atoms with van der Waals surface area (Å²) in [7, 11) is 0. The summed E-state index contributed by atoms with van der Waals surface area (Å²) in [6, 6.07) is 35.7. The zero-order valence-electron chi connectivity index (χ0n) is 16.0. The van der Waals surface area contributed by atoms with Crippen molar-refractivity contribution < 1.29 is 0 Å². The van der Waals surface area contributed by atoms with Crippen molar-refractivity contribution in [2.45, 2.75) is 19.0 Å². The van der Waals surface area contributed by atoms with Crippen molar-refractivity contribution in [2.75, 3.05) is 5.32 Å². The van der Waals surface area contributed by atoms with E-state index in [-0.39, 0.29) is 0 Å². The molecule has 5 rings (SSSR count). The fraction of sp³-hybridized carbons (Fsp3) is 0. The van der Waals surface area contributed by atoms with Crippen molar-refractivity contribution >= 4 is 56.5 Å². The Morgan fingerprint density at radius 2 is 1.27 bits per heavy atom. The second kappa shape index (κ2) is 8.96. The van der Waals surface area contributed by atoms with Crippen LogP contribution in [0.5, 0.6) is 0 Å². The fourth-order valence-electron chi connectivity index (χ4n) is 3.06. The van der Waals surface area contributed by atoms with Crippen molar-refractivity contribution in [3.05, 3.63) is 103 Å². The van der Waals surface area contributed by atoms with Crippen LogP contribution in [-0.2, 0) is 0 Å². The number of fused-ring (bicyclic) bond motifs is 1. The molecule has 1 aromatic heterocycles. The Hall–Kier alpha value is -2.73. The number of nitrogens with one attached hydrogen (secondary N) is 1. The second-order valence-corrected chi connectivity index (χ2v) is 10.0. The van der Waals surface area contributed by atoms with Crippen LogP contribution in [0, 0.1) is 0 Å². The first kappa shape index (κ1) is 19.2. The molecule has 0 fully saturated rings. The van der Waals surface area contributed by atoms with Gasteiger partial charge in [0.1, 0.15) is 9.24 Å². The number of hydrogen-bond acceptors (Lipinski definition) is 5. The van der Waals surface area contributed by atoms with Crippen LogP contribution in [0.3, 0.4) is 0 Å². The van der Waals surface area contributed by atoms with Crippen molar-refractivity contribution in [2.24, 2.45) is 0 Å². The third kappa shape index (κ3) is 4.54. The molecule has 30 heavy (non-hydrogen) atoms. The average molecular weight is 443 g/mol. The van der Waals surface area contributed by atoms with Crippen molar-refractivity contribution in [3.63, 3.8) is 0 Å². The quantitative estimate of drug-likeness (QED) is 0.286. The topological polar surface area (TPSA) is 24.9 Å². The van der Waals surface area contributed by atoms with Crippen LogP contribution in [0.25, 0.3) is 10.8 Å². The highest BCUT2D eigenvalue weighted by Crippen LogP contribution is 2.44. The predicted molar refractivity (Wildman–Crippen MR) is 130 cm³/mol. The highest BCUT2D eigenvalue weighted by molar-refractivity contribution is 8.03. The normalized spacial score (nSPS) is 10.9. The molecule has 4 aromatic carbocycles. The molecular weight excluding hydrogens is 424 g/mol. The van der Waals surface area contributed by atoms with E-state index in [0.29, 0.717) is 0 Å². The van der Waals surface area contributed by atoms with Crippen LogP contribution in [0.4, 0.5) is 10.8 Å². The molecule has 0 aliphatic carbocycles. The van der Waals surface area contributed by atoms with E-state index in [0.717, 1.165) is 15.8 Å². The van der Waals surface area contributed by atoms with E-state index < -0.39 is 0 Å². The van der Waals surface area contributed by atoms with E-state index in [1.807, 2.05) is 12.1 Å². The molecule has 2 nitrogen and oxygen atoms in total. The molecule has 0 unspecified atom stereocenters. The summed E-state index contributed by atoms with van der Waals surface area (Å²) < 4.78 is 1.19. The lowest BCUT2D eigenvalue weighted by atomic mass is 10.1. The third-order valence-corrected chi connectivity index (χ3v) is 7.89. The molecule has 1 heterocycles. The molecular formula is C25H18N2S3. The van der Waals surface area contributed by atoms with Gasteiger partial charge in [-0.15, -0.1) is 0 Å². The summed E-state index contributed by atoms with van der Waals surface area (Å²) in [6.07, 6.45) is 0. The molecule has 0 aliphatic heterocycles. The van der Waals surface area contributed by atoms with E-state index in [4.69, 9.17) is 4.98 Å². The van der Waals surface area contributed by atoms with Gasteiger partial charge < -0.3 is 5.32 Å². The van der Waals surface area contributed by atoms with E-state index in [1.54, 1.807) is 34.9 Å². The molecule has 0 bridgehead atoms. The van der Waals surface area contributed by atoms with Crippen LogP contribution in [0.1, 0.15) is 0 Å². The molecule has 1 N–H and O–H groups in total. The molecule has 0 spiro atoms. The van der Waals surface area contributed by atoms with Crippen LogP contribution >= 0.6 is 34.9 Å². The molecule has 0 saturated carbocycles. The second-order valence-electron chi connectivity index (χ2n) is 6.63. The van der Waals surface area contributed by atoms with E-state index >= 15 is 0 Å². The standard InChI is InChI=1S/C25H18N2S3/c1-3-11-21(12-4-1)28-23-24(29-22-13-5-2-6-14-22)30-25(27-23)26-20-16-15-18-9-7-8-10-19(18)17-20/h1-17H,(H,26,27). The summed E-state index contributed by atoms with van der Waals surface area (Å²) in [5.41, 5.74) is 1.05. The summed E-state index contributed by atoms with van der Waals surface area (Å²) in [4.78, 5) is 7.33. The number of hydrogen-bond donors (Lipinski definition) is 1. The van der Waals surface area contributed by atoms with Gasteiger partial charge in [0.2, 0.25) is 0 Å². The Morgan fingerprint density at radius 3 is 2.00 bits per heavy atom. The van der Waals surface area contributed by atoms with Gasteiger partial charge in [-0.25, -0.2) is 4.98 Å². The predicted octanol–water partition coefficient (Wildman–Crippen LogP) is 8.34. The number of benzene rings is 4. The Bertz CT molecular complexity index is 1210. The first-order chi connectivity index (χ1) is 14.8. The molecule has 146 valence electrons. The zero-order chi connectivity index (χ0) is 20.2. The van der Waals surface area contributed by atoms with E-state index in [2.05, 4.69) is 96.3 Å². The minimum Gasteiger partial charge on any atom is -0.331 e. The average Bonchev–Trinajstić information content (AvgIpc) is 3.15. The minimum atomic E-state index is 0.905. The summed E-state index contributed by atoms with van der Waals surface area (Å²) in [6.45, 7) is 0. The van der Waals surface area contributed by atoms with Crippen LogP contribution < -0.4 is 5.32 Å². The van der Waals surface area contributed by atoms with Gasteiger partial charge >= 0.3 is 0 Å². The fourth-order valence-corrected chi connectivity index (χ4v) is 6.30. The molecule has 5 heteroatoms. The lowest BCUT2D eigenvalue weighted by Gasteiger charge is -2.04. The first-order valence-corrected chi connectivity index (χ1v) is 12.0. The molecule has 0 aliphatic rings. The molecule has 0 radical (unpaired) electrons. The maximum absolute atomic E-state index is 4.93. The van der Waals surface area contributed by atoms with Gasteiger partial charge in [0.05, 0.1) is 0 Å². The van der Waals surface area contributed by atoms with Crippen molar-refractivity contribution in [1.82, 2.24) is 4.98 Å². The maximum Gasteiger partial charge on any atom is 0.189 e. The molecule has 0 atom stereocenters. The molecule has 0 amide bonds. The smallest absolute Gasteiger partial charge is 0.189 e. The summed E-state index contributed by atoms with van der Waals surface area (Å²) in [5, 5.41) is 7.90. The first-order valence-electron chi connectivity index (χ1n) is 9.56. The molecule has 5 aromatic rings. The number of thiazole rings is 1. The summed E-state index contributed by atoms with van der Waals surface area (Å²) >= 11 is 5.16. The monoisotopic (exact) mass is 442 g/mol. The maximum atomic E-state index is 4.93. The number of nitrogens with zero attached hydrogens (tertiary/aromatic N) is 1. The number of aromatic nitrogens is 1. The Kier molecular flexibility index (Phi) is 5.75. The van der Waals surface area contributed by atoms with Gasteiger partial charge in [-0.1, -0.05) is 102 Å². The molecule has 0 saturated heterocycles. The van der Waals surface area contributed by atoms with Crippen LogP contribution in [0.2, 0.25) is 0 Å². The lowest BCUT2D eigenvalue weighted by Crippen LogP contribution is -1.89. The summed E-state index contributed by atoms with van der Waals surface area (Å²) in [5.74, 6) is 0. The number of rotatable bonds is 6. The number of anilines is 2. The highest BCUT2D eigenvalue weighted by atomic mass is 32.2.